The summed E-state index contributed by atoms with van der Waals surface area (Å²) in [7, 11) is 0. The molecule has 25 heavy (non-hydrogen) atoms. The number of amides is 1. The van der Waals surface area contributed by atoms with E-state index < -0.39 is 0 Å². The number of ether oxygens (including phenoxy) is 1. The van der Waals surface area contributed by atoms with Crippen LogP contribution >= 0.6 is 35.7 Å². The summed E-state index contributed by atoms with van der Waals surface area (Å²) < 4.78 is 5.73. The van der Waals surface area contributed by atoms with Crippen molar-refractivity contribution >= 4 is 47.6 Å². The average Bonchev–Trinajstić information content (AvgIpc) is 3.13. The number of nitrogens with one attached hydrogen (secondary N) is 2. The third-order valence-electron chi connectivity index (χ3n) is 4.61. The molecule has 6 nitrogen and oxygen atoms in total. The fraction of sp³-hybridized carbons (Fsp3) is 0.882. The summed E-state index contributed by atoms with van der Waals surface area (Å²) in [5.74, 6) is 1.98. The highest BCUT2D eigenvalue weighted by Gasteiger charge is 2.32. The van der Waals surface area contributed by atoms with E-state index in [1.807, 2.05) is 23.6 Å². The molecule has 0 aromatic carbocycles. The van der Waals surface area contributed by atoms with Gasteiger partial charge in [0.05, 0.1) is 0 Å². The first kappa shape index (κ1) is 22.8. The molecule has 0 unspecified atom stereocenters. The highest BCUT2D eigenvalue weighted by atomic mass is 127. The molecule has 0 spiro atoms. The topological polar surface area (TPSA) is 66.0 Å². The molecular weight excluding hydrogens is 451 g/mol. The van der Waals surface area contributed by atoms with Gasteiger partial charge >= 0.3 is 0 Å². The molecule has 2 rings (SSSR count). The van der Waals surface area contributed by atoms with Crippen LogP contribution in [0.15, 0.2) is 4.99 Å². The van der Waals surface area contributed by atoms with Gasteiger partial charge in [0.15, 0.2) is 5.96 Å². The Morgan fingerprint density at radius 3 is 2.48 bits per heavy atom. The number of hydrogen-bond donors (Lipinski definition) is 2. The Hall–Kier alpha value is -0.220. The van der Waals surface area contributed by atoms with Gasteiger partial charge in [-0.2, -0.15) is 11.8 Å². The number of likely N-dealkylation sites (tertiary alicyclic amines) is 1. The number of guanidine groups is 1. The van der Waals surface area contributed by atoms with Crippen LogP contribution in [-0.4, -0.2) is 73.2 Å². The van der Waals surface area contributed by atoms with Gasteiger partial charge in [-0.1, -0.05) is 6.92 Å². The van der Waals surface area contributed by atoms with Crippen LogP contribution in [0, 0.1) is 0 Å². The Kier molecular flexibility index (Phi) is 11.2. The van der Waals surface area contributed by atoms with Crippen molar-refractivity contribution in [2.24, 2.45) is 4.99 Å². The van der Waals surface area contributed by atoms with E-state index in [1.165, 1.54) is 0 Å². The number of thioether (sulfide) groups is 1. The maximum absolute atomic E-state index is 12.2. The predicted molar refractivity (Wildman–Crippen MR) is 116 cm³/mol. The third-order valence-corrected chi connectivity index (χ3v) is 6.06. The fourth-order valence-electron chi connectivity index (χ4n) is 3.22. The Morgan fingerprint density at radius 2 is 1.88 bits per heavy atom. The Bertz CT molecular complexity index is 419. The van der Waals surface area contributed by atoms with Gasteiger partial charge in [0.1, 0.15) is 6.54 Å². The highest BCUT2D eigenvalue weighted by Crippen LogP contribution is 2.34. The zero-order chi connectivity index (χ0) is 17.3. The first-order valence-corrected chi connectivity index (χ1v) is 10.2. The molecule has 146 valence electrons. The number of carbonyl (C=O) groups is 1. The van der Waals surface area contributed by atoms with Crippen molar-refractivity contribution in [3.05, 3.63) is 0 Å². The minimum absolute atomic E-state index is 0. The van der Waals surface area contributed by atoms with Gasteiger partial charge in [-0.05, 0) is 38.4 Å². The van der Waals surface area contributed by atoms with Crippen LogP contribution in [-0.2, 0) is 9.53 Å². The smallest absolute Gasteiger partial charge is 0.244 e. The number of rotatable bonds is 7. The van der Waals surface area contributed by atoms with Crippen LogP contribution in [0.5, 0.6) is 0 Å². The van der Waals surface area contributed by atoms with Crippen molar-refractivity contribution in [1.82, 2.24) is 15.5 Å². The van der Waals surface area contributed by atoms with Crippen LogP contribution in [0.1, 0.15) is 39.5 Å². The second-order valence-corrected chi connectivity index (χ2v) is 8.10. The summed E-state index contributed by atoms with van der Waals surface area (Å²) in [6.07, 6.45) is 4.36. The third kappa shape index (κ3) is 7.50. The van der Waals surface area contributed by atoms with Crippen molar-refractivity contribution in [2.75, 3.05) is 51.7 Å². The molecule has 0 aromatic heterocycles. The molecule has 2 saturated heterocycles. The first-order chi connectivity index (χ1) is 11.7. The molecule has 0 bridgehead atoms. The van der Waals surface area contributed by atoms with E-state index >= 15 is 0 Å². The van der Waals surface area contributed by atoms with Gasteiger partial charge in [-0.15, -0.1) is 24.0 Å². The predicted octanol–water partition coefficient (Wildman–Crippen LogP) is 2.08. The molecule has 0 radical (unpaired) electrons. The van der Waals surface area contributed by atoms with Crippen molar-refractivity contribution < 1.29 is 9.53 Å². The van der Waals surface area contributed by atoms with Gasteiger partial charge in [0.2, 0.25) is 5.91 Å². The minimum Gasteiger partial charge on any atom is -0.381 e. The number of aliphatic imine (C=N–C) groups is 1. The summed E-state index contributed by atoms with van der Waals surface area (Å²) in [6.45, 7) is 9.56. The van der Waals surface area contributed by atoms with Crippen LogP contribution < -0.4 is 10.6 Å². The van der Waals surface area contributed by atoms with Crippen molar-refractivity contribution in [1.29, 1.82) is 0 Å². The summed E-state index contributed by atoms with van der Waals surface area (Å²) >= 11 is 2.00. The molecule has 0 aliphatic carbocycles. The van der Waals surface area contributed by atoms with E-state index in [0.717, 1.165) is 76.8 Å². The Morgan fingerprint density at radius 1 is 1.20 bits per heavy atom. The molecule has 1 amide bonds. The summed E-state index contributed by atoms with van der Waals surface area (Å²) in [5.41, 5.74) is 0. The molecular formula is C17H33IN4O2S. The lowest BCUT2D eigenvalue weighted by molar-refractivity contribution is -0.128. The minimum atomic E-state index is 0. The standard InChI is InChI=1S/C17H32N4O2S.HI/c1-3-18-16(19-13-15(22)21-9-5-6-10-21)20-14-17(24-4-2)7-11-23-12-8-17;/h3-14H2,1-2H3,(H2,18,19,20);1H. The molecule has 8 heteroatoms. The summed E-state index contributed by atoms with van der Waals surface area (Å²) in [5, 5.41) is 6.71. The van der Waals surface area contributed by atoms with Gasteiger partial charge in [0, 0.05) is 44.1 Å². The fourth-order valence-corrected chi connectivity index (χ4v) is 4.46. The molecule has 2 fully saturated rings. The number of hydrogen-bond acceptors (Lipinski definition) is 4. The zero-order valence-electron chi connectivity index (χ0n) is 15.5. The molecule has 2 aliphatic heterocycles. The van der Waals surface area contributed by atoms with E-state index in [0.29, 0.717) is 0 Å². The van der Waals surface area contributed by atoms with Gasteiger partial charge < -0.3 is 20.3 Å². The largest absolute Gasteiger partial charge is 0.381 e. The lowest BCUT2D eigenvalue weighted by atomic mass is 9.99. The number of halogens is 1. The van der Waals surface area contributed by atoms with Crippen molar-refractivity contribution in [3.8, 4) is 0 Å². The monoisotopic (exact) mass is 484 g/mol. The number of carbonyl (C=O) groups excluding carboxylic acids is 1. The SMILES string of the molecule is CCNC(=NCC(=O)N1CCCC1)NCC1(SCC)CCOCC1.I. The van der Waals surface area contributed by atoms with Gasteiger partial charge in [0.25, 0.3) is 0 Å². The molecule has 2 heterocycles. The number of nitrogens with zero attached hydrogens (tertiary/aromatic N) is 2. The van der Waals surface area contributed by atoms with Crippen LogP contribution in [0.25, 0.3) is 0 Å². The summed E-state index contributed by atoms with van der Waals surface area (Å²) in [4.78, 5) is 18.6. The lowest BCUT2D eigenvalue weighted by Gasteiger charge is -2.37. The van der Waals surface area contributed by atoms with Gasteiger partial charge in [-0.25, -0.2) is 4.99 Å². The molecule has 0 atom stereocenters. The summed E-state index contributed by atoms with van der Waals surface area (Å²) in [6, 6.07) is 0. The van der Waals surface area contributed by atoms with Crippen molar-refractivity contribution in [3.63, 3.8) is 0 Å². The van der Waals surface area contributed by atoms with Crippen LogP contribution in [0.4, 0.5) is 0 Å². The van der Waals surface area contributed by atoms with E-state index in [2.05, 4.69) is 22.5 Å². The second-order valence-electron chi connectivity index (χ2n) is 6.37. The first-order valence-electron chi connectivity index (χ1n) is 9.21. The van der Waals surface area contributed by atoms with Crippen LogP contribution in [0.2, 0.25) is 0 Å². The average molecular weight is 484 g/mol. The molecule has 0 aromatic rings. The molecule has 0 saturated carbocycles. The molecule has 2 N–H and O–H groups in total. The maximum Gasteiger partial charge on any atom is 0.244 e. The van der Waals surface area contributed by atoms with Crippen LogP contribution in [0.3, 0.4) is 0 Å². The van der Waals surface area contributed by atoms with E-state index in [9.17, 15) is 4.79 Å². The normalized spacial score (nSPS) is 20.1. The molecule has 2 aliphatic rings. The highest BCUT2D eigenvalue weighted by molar-refractivity contribution is 14.0. The maximum atomic E-state index is 12.2. The second kappa shape index (κ2) is 12.2. The Balaban J connectivity index is 0.00000312. The Labute approximate surface area is 173 Å². The lowest BCUT2D eigenvalue weighted by Crippen LogP contribution is -2.48. The van der Waals surface area contributed by atoms with Gasteiger partial charge in [-0.3, -0.25) is 4.79 Å². The van der Waals surface area contributed by atoms with E-state index in [4.69, 9.17) is 4.74 Å². The quantitative estimate of drug-likeness (QED) is 0.329. The van der Waals surface area contributed by atoms with E-state index in [-0.39, 0.29) is 41.2 Å². The van der Waals surface area contributed by atoms with E-state index in [1.54, 1.807) is 0 Å². The zero-order valence-corrected chi connectivity index (χ0v) is 18.7. The van der Waals surface area contributed by atoms with Crippen molar-refractivity contribution in [2.45, 2.75) is 44.3 Å².